The van der Waals surface area contributed by atoms with E-state index in [0.717, 1.165) is 0 Å². The first-order valence-electron chi connectivity index (χ1n) is 1.21. The first-order chi connectivity index (χ1) is 2.41. The monoisotopic (exact) mass is 115 g/mol. The molecule has 0 aliphatic carbocycles. The van der Waals surface area contributed by atoms with Crippen molar-refractivity contribution >= 4 is 5.18 Å². The molecule has 2 heteroatoms. The quantitative estimate of drug-likeness (QED) is 0.368. The minimum absolute atomic E-state index is 0.444. The summed E-state index contributed by atoms with van der Waals surface area (Å²) >= 11 is 4.02. The Bertz CT molecular complexity index is 28.1. The van der Waals surface area contributed by atoms with E-state index in [4.69, 9.17) is 0 Å². The van der Waals surface area contributed by atoms with Crippen molar-refractivity contribution < 1.29 is 19.8 Å². The van der Waals surface area contributed by atoms with Crippen molar-refractivity contribution in [2.45, 2.75) is 0 Å². The van der Waals surface area contributed by atoms with Crippen molar-refractivity contribution in [3.8, 4) is 0 Å². The van der Waals surface area contributed by atoms with Gasteiger partial charge in [-0.2, -0.15) is 0 Å². The second-order valence-electron chi connectivity index (χ2n) is 0.445. The molecule has 0 amide bonds. The van der Waals surface area contributed by atoms with Crippen LogP contribution in [-0.4, -0.2) is 11.8 Å². The number of hydrogen-bond acceptors (Lipinski definition) is 1. The van der Waals surface area contributed by atoms with Crippen LogP contribution in [0.25, 0.3) is 0 Å². The molecule has 0 rings (SSSR count). The van der Waals surface area contributed by atoms with Gasteiger partial charge in [0.1, 0.15) is 0 Å². The van der Waals surface area contributed by atoms with Crippen molar-refractivity contribution in [1.82, 2.24) is 0 Å². The third-order valence-electron chi connectivity index (χ3n) is 0.171. The first-order valence-corrected chi connectivity index (χ1v) is 1.78. The molecule has 0 aliphatic heterocycles. The minimum atomic E-state index is 0.444. The molecule has 0 fully saturated rings. The zero-order valence-corrected chi connectivity index (χ0v) is 3.70. The average Bonchev–Trinajstić information content (AvgIpc) is 1.41. The van der Waals surface area contributed by atoms with Gasteiger partial charge in [0, 0.05) is 0 Å². The predicted octanol–water partition coefficient (Wildman–Crippen LogP) is 0.144. The average molecular weight is 116 g/mol. The number of hydrogen-bond donors (Lipinski definition) is 0. The maximum absolute atomic E-state index is 4.43. The zero-order chi connectivity index (χ0) is 4.12. The van der Waals surface area contributed by atoms with Crippen LogP contribution in [0.3, 0.4) is 0 Å². The molecule has 0 aromatic carbocycles. The molecule has 0 N–H and O–H groups in total. The summed E-state index contributed by atoms with van der Waals surface area (Å²) in [7, 11) is 0. The Morgan fingerprint density at radius 3 is 2.60 bits per heavy atom. The van der Waals surface area contributed by atoms with Gasteiger partial charge in [-0.25, -0.2) is 0 Å². The molecule has 0 radical (unpaired) electrons. The van der Waals surface area contributed by atoms with Gasteiger partial charge in [0.2, 0.25) is 0 Å². The van der Waals surface area contributed by atoms with Gasteiger partial charge in [0.05, 0.1) is 0 Å². The van der Waals surface area contributed by atoms with Crippen LogP contribution in [0.5, 0.6) is 0 Å². The summed E-state index contributed by atoms with van der Waals surface area (Å²) in [6.45, 7) is 3.81. The fourth-order valence-electron chi connectivity index (χ4n) is 0.0373. The van der Waals surface area contributed by atoms with Gasteiger partial charge in [-0.1, -0.05) is 0 Å². The molecular formula is C3H5NiO-. The van der Waals surface area contributed by atoms with E-state index in [1.54, 1.807) is 0 Å². The van der Waals surface area contributed by atoms with Crippen LogP contribution >= 0.6 is 0 Å². The third kappa shape index (κ3) is 4.32. The van der Waals surface area contributed by atoms with Gasteiger partial charge >= 0.3 is 38.5 Å². The molecular weight excluding hydrogens is 111 g/mol. The van der Waals surface area contributed by atoms with E-state index in [9.17, 15) is 0 Å². The van der Waals surface area contributed by atoms with Crippen LogP contribution in [0.15, 0.2) is 0 Å². The molecule has 34 valence electrons. The molecule has 5 heavy (non-hydrogen) atoms. The van der Waals surface area contributed by atoms with Crippen LogP contribution in [0.4, 0.5) is 0 Å². The summed E-state index contributed by atoms with van der Waals surface area (Å²) in [5.41, 5.74) is 0. The molecule has 0 atom stereocenters. The van der Waals surface area contributed by atoms with E-state index in [2.05, 4.69) is 26.7 Å². The molecule has 1 nitrogen and oxygen atoms in total. The van der Waals surface area contributed by atoms with E-state index < -0.39 is 0 Å². The Morgan fingerprint density at radius 2 is 2.60 bits per heavy atom. The van der Waals surface area contributed by atoms with Crippen LogP contribution in [0.2, 0.25) is 0 Å². The summed E-state index contributed by atoms with van der Waals surface area (Å²) in [6.07, 6.45) is 0. The van der Waals surface area contributed by atoms with Crippen molar-refractivity contribution in [3.05, 3.63) is 6.92 Å². The molecule has 0 saturated heterocycles. The number of rotatable bonds is 2. The van der Waals surface area contributed by atoms with E-state index in [0.29, 0.717) is 6.61 Å². The summed E-state index contributed by atoms with van der Waals surface area (Å²) in [6, 6.07) is 0. The zero-order valence-electron chi connectivity index (χ0n) is 2.72. The summed E-state index contributed by atoms with van der Waals surface area (Å²) < 4.78 is 4.43. The molecule has 0 aliphatic rings. The number of ether oxygens (including phenoxy) is 1. The van der Waals surface area contributed by atoms with Crippen LogP contribution < -0.4 is 0 Å². The van der Waals surface area contributed by atoms with Gasteiger partial charge in [0.25, 0.3) is 0 Å². The van der Waals surface area contributed by atoms with E-state index in [1.807, 2.05) is 0 Å². The Labute approximate surface area is 39.2 Å². The van der Waals surface area contributed by atoms with Gasteiger partial charge in [-0.3, -0.25) is 0 Å². The van der Waals surface area contributed by atoms with Crippen LogP contribution in [-0.2, 0) is 19.8 Å². The standard InChI is InChI=1S/C3H5O.Ni/c1-3-4-2;/h2H,1,3H2;/q-1;. The molecule has 0 spiro atoms. The Kier molecular flexibility index (Phi) is 4.60. The summed E-state index contributed by atoms with van der Waals surface area (Å²) in [4.78, 5) is 0. The van der Waals surface area contributed by atoms with Gasteiger partial charge in [-0.05, 0) is 0 Å². The Morgan fingerprint density at radius 1 is 2.00 bits per heavy atom. The van der Waals surface area contributed by atoms with Gasteiger partial charge in [0.15, 0.2) is 0 Å². The first kappa shape index (κ1) is 5.32. The van der Waals surface area contributed by atoms with E-state index in [-0.39, 0.29) is 0 Å². The Hall–Kier alpha value is 0.324. The second kappa shape index (κ2) is 4.32. The fourth-order valence-corrected chi connectivity index (χ4v) is 0.154. The normalized spacial score (nSPS) is 7.80. The second-order valence-corrected chi connectivity index (χ2v) is 0.678. The van der Waals surface area contributed by atoms with Crippen LogP contribution in [0, 0.1) is 6.92 Å². The molecule has 0 heterocycles. The fraction of sp³-hybridized carbons (Fsp3) is 0.333. The Balaban J connectivity index is 2.40. The third-order valence-corrected chi connectivity index (χ3v) is 0.335. The SMILES string of the molecule is [CH2-]CO[CH]=[Ni]. The summed E-state index contributed by atoms with van der Waals surface area (Å²) in [5.74, 6) is 0. The molecule has 0 unspecified atom stereocenters. The van der Waals surface area contributed by atoms with Crippen molar-refractivity contribution in [3.63, 3.8) is 0 Å². The van der Waals surface area contributed by atoms with Crippen molar-refractivity contribution in [2.24, 2.45) is 0 Å². The van der Waals surface area contributed by atoms with Gasteiger partial charge < -0.3 is 0 Å². The van der Waals surface area contributed by atoms with Crippen LogP contribution in [0.1, 0.15) is 0 Å². The molecule has 0 saturated carbocycles. The molecule has 0 aromatic rings. The molecule has 0 bridgehead atoms. The van der Waals surface area contributed by atoms with Crippen molar-refractivity contribution in [2.75, 3.05) is 6.61 Å². The van der Waals surface area contributed by atoms with Crippen molar-refractivity contribution in [1.29, 1.82) is 0 Å². The topological polar surface area (TPSA) is 9.23 Å². The van der Waals surface area contributed by atoms with Gasteiger partial charge in [-0.15, -0.1) is 0 Å². The van der Waals surface area contributed by atoms with E-state index in [1.165, 1.54) is 5.18 Å². The predicted molar refractivity (Wildman–Crippen MR) is 17.4 cm³/mol. The summed E-state index contributed by atoms with van der Waals surface area (Å²) in [5, 5.41) is 1.24. The van der Waals surface area contributed by atoms with E-state index >= 15 is 0 Å². The maximum atomic E-state index is 4.43. The molecule has 0 aromatic heterocycles.